The number of nitrogens with zero attached hydrogens (tertiary/aromatic N) is 6. The van der Waals surface area contributed by atoms with Crippen molar-refractivity contribution < 1.29 is 18.3 Å². The topological polar surface area (TPSA) is 112 Å². The van der Waals surface area contributed by atoms with Crippen LogP contribution >= 0.6 is 0 Å². The van der Waals surface area contributed by atoms with Gasteiger partial charge in [-0.1, -0.05) is 0 Å². The molecule has 0 spiro atoms. The van der Waals surface area contributed by atoms with Crippen molar-refractivity contribution in [3.8, 4) is 28.7 Å². The highest BCUT2D eigenvalue weighted by molar-refractivity contribution is 5.94. The Hall–Kier alpha value is -4.25. The summed E-state index contributed by atoms with van der Waals surface area (Å²) in [4.78, 5) is 27.6. The molecule has 2 aliphatic rings. The van der Waals surface area contributed by atoms with Crippen LogP contribution in [0, 0.1) is 23.5 Å². The fourth-order valence-electron chi connectivity index (χ4n) is 5.10. The fraction of sp³-hybridized carbons (Fsp3) is 0.321. The van der Waals surface area contributed by atoms with Gasteiger partial charge in [0.2, 0.25) is 5.88 Å². The van der Waals surface area contributed by atoms with E-state index in [9.17, 15) is 9.18 Å². The van der Waals surface area contributed by atoms with Crippen LogP contribution in [0.2, 0.25) is 0 Å². The molecule has 0 bridgehead atoms. The molecule has 3 atom stereocenters. The first-order valence-corrected chi connectivity index (χ1v) is 12.6. The molecule has 0 radical (unpaired) electrons. The molecule has 1 aliphatic carbocycles. The summed E-state index contributed by atoms with van der Waals surface area (Å²) in [6, 6.07) is 11.4. The molecule has 1 saturated heterocycles. The highest BCUT2D eigenvalue weighted by Crippen LogP contribution is 2.48. The van der Waals surface area contributed by atoms with Crippen molar-refractivity contribution in [1.29, 1.82) is 0 Å². The van der Waals surface area contributed by atoms with Crippen LogP contribution in [-0.4, -0.2) is 54.7 Å². The number of hydrogen-bond acceptors (Lipinski definition) is 7. The fourth-order valence-corrected chi connectivity index (χ4v) is 5.10. The van der Waals surface area contributed by atoms with Crippen LogP contribution in [0.25, 0.3) is 22.8 Å². The first-order valence-electron chi connectivity index (χ1n) is 12.6. The van der Waals surface area contributed by atoms with Gasteiger partial charge in [-0.25, -0.2) is 23.7 Å². The third kappa shape index (κ3) is 4.63. The van der Waals surface area contributed by atoms with Crippen LogP contribution in [0.15, 0.2) is 54.9 Å². The summed E-state index contributed by atoms with van der Waals surface area (Å²) in [5.74, 6) is -0.739. The molecule has 2 fully saturated rings. The molecular weight excluding hydrogens is 504 g/mol. The van der Waals surface area contributed by atoms with E-state index < -0.39 is 17.3 Å². The number of benzene rings is 1. The lowest BCUT2D eigenvalue weighted by Crippen LogP contribution is -2.35. The van der Waals surface area contributed by atoms with Crippen molar-refractivity contribution in [2.45, 2.75) is 25.5 Å². The molecule has 4 aromatic rings. The normalized spacial score (nSPS) is 20.2. The molecule has 2 N–H and O–H groups in total. The smallest absolute Gasteiger partial charge is 0.275 e. The van der Waals surface area contributed by atoms with Crippen LogP contribution in [0.5, 0.6) is 5.88 Å². The number of rotatable bonds is 6. The Labute approximate surface area is 223 Å². The van der Waals surface area contributed by atoms with Crippen molar-refractivity contribution in [3.63, 3.8) is 0 Å². The van der Waals surface area contributed by atoms with Crippen LogP contribution in [0.3, 0.4) is 0 Å². The van der Waals surface area contributed by atoms with E-state index >= 15 is 4.39 Å². The van der Waals surface area contributed by atoms with Gasteiger partial charge >= 0.3 is 0 Å². The Morgan fingerprint density at radius 2 is 1.74 bits per heavy atom. The van der Waals surface area contributed by atoms with Gasteiger partial charge in [-0.2, -0.15) is 5.10 Å². The standard InChI is InChI=1S/C28H27F2N7O2/c1-28(2,31)16-11-20(15-5-7-17(29)8-6-15)34-21(12-16)39-25-18-13-37(14-19(18)25)27(38)24-22(30)23(35-36(24)3)26-32-9-4-10-33-26/h4-12,18-19,25H,13-14,31H2,1-3H3/t18-,19+,25+. The molecule has 1 amide bonds. The van der Waals surface area contributed by atoms with Gasteiger partial charge in [-0.05, 0) is 55.8 Å². The molecule has 1 saturated carbocycles. The van der Waals surface area contributed by atoms with Crippen molar-refractivity contribution >= 4 is 5.91 Å². The number of amides is 1. The number of carbonyl (C=O) groups excluding carboxylic acids is 1. The second-order valence-electron chi connectivity index (χ2n) is 10.6. The summed E-state index contributed by atoms with van der Waals surface area (Å²) < 4.78 is 36.2. The number of aryl methyl sites for hydroxylation is 1. The zero-order valence-electron chi connectivity index (χ0n) is 21.7. The molecular formula is C28H27F2N7O2. The molecule has 200 valence electrons. The molecule has 0 unspecified atom stereocenters. The second kappa shape index (κ2) is 9.19. The van der Waals surface area contributed by atoms with Crippen molar-refractivity contribution in [1.82, 2.24) is 29.6 Å². The second-order valence-corrected chi connectivity index (χ2v) is 10.6. The number of fused-ring (bicyclic) bond motifs is 1. The quantitative estimate of drug-likeness (QED) is 0.405. The number of aromatic nitrogens is 5. The maximum absolute atomic E-state index is 15.2. The lowest BCUT2D eigenvalue weighted by Gasteiger charge is -2.22. The van der Waals surface area contributed by atoms with E-state index in [2.05, 4.69) is 20.1 Å². The summed E-state index contributed by atoms with van der Waals surface area (Å²) >= 11 is 0. The number of ether oxygens (including phenoxy) is 1. The highest BCUT2D eigenvalue weighted by Gasteiger charge is 2.59. The monoisotopic (exact) mass is 531 g/mol. The van der Waals surface area contributed by atoms with Crippen LogP contribution in [0.4, 0.5) is 8.78 Å². The Kier molecular flexibility index (Phi) is 5.91. The van der Waals surface area contributed by atoms with Crippen LogP contribution < -0.4 is 10.5 Å². The lowest BCUT2D eigenvalue weighted by atomic mass is 9.95. The minimum atomic E-state index is -0.735. The molecule has 9 nitrogen and oxygen atoms in total. The van der Waals surface area contributed by atoms with Gasteiger partial charge < -0.3 is 15.4 Å². The third-order valence-electron chi connectivity index (χ3n) is 7.31. The van der Waals surface area contributed by atoms with E-state index in [1.54, 1.807) is 23.1 Å². The number of halogens is 2. The van der Waals surface area contributed by atoms with Gasteiger partial charge in [0, 0.05) is 61.5 Å². The van der Waals surface area contributed by atoms with E-state index in [1.165, 1.54) is 36.3 Å². The number of carbonyl (C=O) groups is 1. The van der Waals surface area contributed by atoms with Crippen molar-refractivity contribution in [2.24, 2.45) is 24.6 Å². The van der Waals surface area contributed by atoms with Crippen LogP contribution in [0.1, 0.15) is 29.9 Å². The van der Waals surface area contributed by atoms with Gasteiger partial charge in [0.15, 0.2) is 23.0 Å². The highest BCUT2D eigenvalue weighted by atomic mass is 19.1. The SMILES string of the molecule is Cn1nc(-c2ncccn2)c(F)c1C(=O)N1C[C@@H]2[C@H](C1)[C@H]2Oc1cc(C(C)(C)N)cc(-c2ccc(F)cc2)n1. The van der Waals surface area contributed by atoms with Gasteiger partial charge in [0.25, 0.3) is 5.91 Å². The van der Waals surface area contributed by atoms with E-state index in [-0.39, 0.29) is 41.0 Å². The van der Waals surface area contributed by atoms with Gasteiger partial charge in [0.05, 0.1) is 5.69 Å². The average molecular weight is 532 g/mol. The van der Waals surface area contributed by atoms with E-state index in [0.717, 1.165) is 11.1 Å². The summed E-state index contributed by atoms with van der Waals surface area (Å²) in [6.45, 7) is 4.65. The molecule has 3 aromatic heterocycles. The Bertz CT molecular complexity index is 1540. The molecule has 4 heterocycles. The third-order valence-corrected chi connectivity index (χ3v) is 7.31. The zero-order valence-corrected chi connectivity index (χ0v) is 21.7. The van der Waals surface area contributed by atoms with Crippen molar-refractivity contribution in [3.05, 3.63) is 77.8 Å². The predicted octanol–water partition coefficient (Wildman–Crippen LogP) is 3.56. The van der Waals surface area contributed by atoms with E-state index in [4.69, 9.17) is 10.5 Å². The lowest BCUT2D eigenvalue weighted by molar-refractivity contribution is 0.0735. The molecule has 11 heteroatoms. The summed E-state index contributed by atoms with van der Waals surface area (Å²) in [5.41, 5.74) is 7.76. The average Bonchev–Trinajstić information content (AvgIpc) is 3.22. The molecule has 39 heavy (non-hydrogen) atoms. The number of piperidine rings is 1. The Morgan fingerprint density at radius 1 is 1.08 bits per heavy atom. The largest absolute Gasteiger partial charge is 0.474 e. The van der Waals surface area contributed by atoms with E-state index in [0.29, 0.717) is 24.7 Å². The zero-order chi connectivity index (χ0) is 27.5. The molecule has 1 aliphatic heterocycles. The molecule has 1 aromatic carbocycles. The van der Waals surface area contributed by atoms with Gasteiger partial charge in [-0.15, -0.1) is 0 Å². The summed E-state index contributed by atoms with van der Waals surface area (Å²) in [7, 11) is 1.53. The molecule has 6 rings (SSSR count). The Morgan fingerprint density at radius 3 is 2.38 bits per heavy atom. The summed E-state index contributed by atoms with van der Waals surface area (Å²) in [6.07, 6.45) is 2.87. The summed E-state index contributed by atoms with van der Waals surface area (Å²) in [5, 5.41) is 4.15. The van der Waals surface area contributed by atoms with Crippen molar-refractivity contribution in [2.75, 3.05) is 13.1 Å². The number of hydrogen-bond donors (Lipinski definition) is 1. The van der Waals surface area contributed by atoms with E-state index in [1.807, 2.05) is 26.0 Å². The number of nitrogens with two attached hydrogens (primary N) is 1. The predicted molar refractivity (Wildman–Crippen MR) is 138 cm³/mol. The minimum absolute atomic E-state index is 0.0576. The minimum Gasteiger partial charge on any atom is -0.474 e. The van der Waals surface area contributed by atoms with Gasteiger partial charge in [-0.3, -0.25) is 9.48 Å². The Balaban J connectivity index is 1.17. The number of pyridine rings is 1. The first-order chi connectivity index (χ1) is 18.6. The van der Waals surface area contributed by atoms with Gasteiger partial charge in [0.1, 0.15) is 11.9 Å². The maximum atomic E-state index is 15.2. The maximum Gasteiger partial charge on any atom is 0.275 e. The number of likely N-dealkylation sites (tertiary alicyclic amines) is 1. The van der Waals surface area contributed by atoms with Crippen LogP contribution in [-0.2, 0) is 12.6 Å². The first kappa shape index (κ1) is 25.1.